The molecule has 0 radical (unpaired) electrons. The number of para-hydroxylation sites is 1. The summed E-state index contributed by atoms with van der Waals surface area (Å²) in [5, 5.41) is 22.5. The first-order valence-corrected chi connectivity index (χ1v) is 18.5. The van der Waals surface area contributed by atoms with E-state index < -0.39 is 6.23 Å². The third-order valence-corrected chi connectivity index (χ3v) is 10.7. The summed E-state index contributed by atoms with van der Waals surface area (Å²) < 4.78 is 0. The molecule has 0 aliphatic carbocycles. The number of amides is 2. The number of carbonyl (C=O) groups is 2. The van der Waals surface area contributed by atoms with Gasteiger partial charge < -0.3 is 25.5 Å². The quantitative estimate of drug-likeness (QED) is 0.101. The van der Waals surface area contributed by atoms with Crippen LogP contribution in [0.25, 0.3) is 0 Å². The van der Waals surface area contributed by atoms with Crippen LogP contribution in [0.15, 0.2) is 79.0 Å². The maximum atomic E-state index is 12.3. The van der Waals surface area contributed by atoms with Gasteiger partial charge in [0.05, 0.1) is 12.1 Å². The Morgan fingerprint density at radius 1 is 0.865 bits per heavy atom. The van der Waals surface area contributed by atoms with Gasteiger partial charge >= 0.3 is 0 Å². The van der Waals surface area contributed by atoms with Gasteiger partial charge in [0, 0.05) is 80.5 Å². The van der Waals surface area contributed by atoms with E-state index in [0.717, 1.165) is 57.1 Å². The van der Waals surface area contributed by atoms with Crippen LogP contribution in [0.2, 0.25) is 5.02 Å². The van der Waals surface area contributed by atoms with Crippen molar-refractivity contribution in [2.75, 3.05) is 73.3 Å². The molecule has 4 heterocycles. The molecule has 2 atom stereocenters. The molecule has 0 saturated carbocycles. The number of nitrogens with one attached hydrogen (secondary N) is 4. The number of hydrogen-bond donors (Lipinski definition) is 5. The van der Waals surface area contributed by atoms with E-state index >= 15 is 0 Å². The van der Waals surface area contributed by atoms with Crippen LogP contribution < -0.4 is 31.1 Å². The summed E-state index contributed by atoms with van der Waals surface area (Å²) >= 11 is 6.43. The summed E-state index contributed by atoms with van der Waals surface area (Å²) in [6, 6.07) is 24.1. The van der Waals surface area contributed by atoms with E-state index in [2.05, 4.69) is 70.2 Å². The molecule has 13 heteroatoms. The van der Waals surface area contributed by atoms with Crippen LogP contribution in [-0.4, -0.2) is 84.6 Å². The number of piperidine rings is 2. The fourth-order valence-corrected chi connectivity index (χ4v) is 7.53. The number of benzene rings is 3. The molecular formula is C39H46ClN9O3. The van der Waals surface area contributed by atoms with E-state index in [1.54, 1.807) is 13.2 Å². The molecule has 3 fully saturated rings. The van der Waals surface area contributed by atoms with Crippen molar-refractivity contribution in [2.24, 2.45) is 5.92 Å². The van der Waals surface area contributed by atoms with Gasteiger partial charge in [-0.25, -0.2) is 4.98 Å². The zero-order chi connectivity index (χ0) is 36.0. The van der Waals surface area contributed by atoms with Crippen molar-refractivity contribution >= 4 is 57.9 Å². The molecule has 3 aliphatic heterocycles. The zero-order valence-corrected chi connectivity index (χ0v) is 30.1. The topological polar surface area (TPSA) is 138 Å². The number of aliphatic hydroxyl groups is 1. The third kappa shape index (κ3) is 8.47. The lowest BCUT2D eigenvalue weighted by Crippen LogP contribution is -2.49. The van der Waals surface area contributed by atoms with E-state index in [-0.39, 0.29) is 17.7 Å². The molecule has 12 nitrogen and oxygen atoms in total. The standard InChI is InChI=1S/C39H46ClN9O3/c1-41-37(51)32-4-2-3-5-34(32)44-36-33(40)24-42-39(46-36)43-28-8-12-30(13-9-28)49-22-20-47(21-23-49)25-26-16-18-48(19-17-26)29-10-6-27(7-11-29)31-14-15-35(50)45-38(31)52/h2-13,24,26,31,37,41,51H,14-23,25H2,1H3,(H,45,50,52)(H2,42,43,44,46)/t31-,37?/m0/s1. The molecule has 5 N–H and O–H groups in total. The van der Waals surface area contributed by atoms with Gasteiger partial charge in [-0.2, -0.15) is 4.98 Å². The molecule has 0 bridgehead atoms. The summed E-state index contributed by atoms with van der Waals surface area (Å²) in [5.74, 6) is 0.942. The first-order chi connectivity index (χ1) is 25.3. The van der Waals surface area contributed by atoms with Crippen LogP contribution in [-0.2, 0) is 9.59 Å². The lowest BCUT2D eigenvalue weighted by Gasteiger charge is -2.40. The van der Waals surface area contributed by atoms with Gasteiger partial charge in [-0.1, -0.05) is 41.9 Å². The van der Waals surface area contributed by atoms with Crippen molar-refractivity contribution in [1.82, 2.24) is 25.5 Å². The minimum atomic E-state index is -0.833. The Morgan fingerprint density at radius 3 is 2.23 bits per heavy atom. The fourth-order valence-electron chi connectivity index (χ4n) is 7.39. The number of rotatable bonds is 11. The molecule has 3 saturated heterocycles. The second kappa shape index (κ2) is 16.3. The highest BCUT2D eigenvalue weighted by atomic mass is 35.5. The Balaban J connectivity index is 0.859. The normalized spacial score (nSPS) is 19.3. The Morgan fingerprint density at radius 2 is 1.54 bits per heavy atom. The van der Waals surface area contributed by atoms with Crippen LogP contribution in [0.1, 0.15) is 49.0 Å². The minimum Gasteiger partial charge on any atom is -0.374 e. The highest BCUT2D eigenvalue weighted by Gasteiger charge is 2.29. The van der Waals surface area contributed by atoms with E-state index in [1.807, 2.05) is 48.5 Å². The van der Waals surface area contributed by atoms with Gasteiger partial charge in [-0.15, -0.1) is 0 Å². The molecule has 7 rings (SSSR count). The first-order valence-electron chi connectivity index (χ1n) is 18.1. The number of piperazine rings is 1. The van der Waals surface area contributed by atoms with E-state index in [0.29, 0.717) is 46.8 Å². The largest absolute Gasteiger partial charge is 0.374 e. The molecule has 3 aliphatic rings. The summed E-state index contributed by atoms with van der Waals surface area (Å²) in [7, 11) is 1.69. The molecule has 52 heavy (non-hydrogen) atoms. The number of anilines is 6. The minimum absolute atomic E-state index is 0.176. The van der Waals surface area contributed by atoms with Gasteiger partial charge in [0.15, 0.2) is 5.82 Å². The van der Waals surface area contributed by atoms with Crippen LogP contribution in [0.4, 0.5) is 34.5 Å². The van der Waals surface area contributed by atoms with Crippen molar-refractivity contribution in [3.05, 3.63) is 95.1 Å². The van der Waals surface area contributed by atoms with Gasteiger partial charge in [0.2, 0.25) is 17.8 Å². The smallest absolute Gasteiger partial charge is 0.234 e. The van der Waals surface area contributed by atoms with Gasteiger partial charge in [-0.05, 0) is 80.3 Å². The second-order valence-electron chi connectivity index (χ2n) is 13.8. The maximum absolute atomic E-state index is 12.3. The Kier molecular flexibility index (Phi) is 11.2. The van der Waals surface area contributed by atoms with Gasteiger partial charge in [0.25, 0.3) is 0 Å². The molecular weight excluding hydrogens is 678 g/mol. The van der Waals surface area contributed by atoms with Gasteiger partial charge in [0.1, 0.15) is 11.3 Å². The van der Waals surface area contributed by atoms with E-state index in [1.165, 1.54) is 24.2 Å². The van der Waals surface area contributed by atoms with Crippen LogP contribution in [0, 0.1) is 5.92 Å². The predicted octanol–water partition coefficient (Wildman–Crippen LogP) is 5.39. The third-order valence-electron chi connectivity index (χ3n) is 10.4. The summed E-state index contributed by atoms with van der Waals surface area (Å²) in [5.41, 5.74) is 5.63. The van der Waals surface area contributed by atoms with Crippen LogP contribution >= 0.6 is 11.6 Å². The monoisotopic (exact) mass is 723 g/mol. The van der Waals surface area contributed by atoms with Crippen molar-refractivity contribution in [1.29, 1.82) is 0 Å². The molecule has 1 aromatic heterocycles. The molecule has 0 spiro atoms. The summed E-state index contributed by atoms with van der Waals surface area (Å²) in [4.78, 5) is 40.2. The number of aliphatic hydroxyl groups excluding tert-OH is 1. The van der Waals surface area contributed by atoms with E-state index in [4.69, 9.17) is 11.6 Å². The Labute approximate surface area is 309 Å². The first kappa shape index (κ1) is 35.6. The number of carbonyl (C=O) groups excluding carboxylic acids is 2. The second-order valence-corrected chi connectivity index (χ2v) is 14.2. The average Bonchev–Trinajstić information content (AvgIpc) is 3.17. The highest BCUT2D eigenvalue weighted by Crippen LogP contribution is 2.31. The van der Waals surface area contributed by atoms with Crippen LogP contribution in [0.5, 0.6) is 0 Å². The van der Waals surface area contributed by atoms with Gasteiger partial charge in [-0.3, -0.25) is 25.1 Å². The number of aromatic nitrogens is 2. The highest BCUT2D eigenvalue weighted by molar-refractivity contribution is 6.32. The summed E-state index contributed by atoms with van der Waals surface area (Å²) in [6.07, 6.45) is 4.04. The van der Waals surface area contributed by atoms with Crippen molar-refractivity contribution < 1.29 is 14.7 Å². The summed E-state index contributed by atoms with van der Waals surface area (Å²) in [6.45, 7) is 7.29. The SMILES string of the molecule is CNC(O)c1ccccc1Nc1nc(Nc2ccc(N3CCN(CC4CCN(c5ccc([C@@H]6CCC(=O)NC6=O)cc5)CC4)CC3)cc2)ncc1Cl. The van der Waals surface area contributed by atoms with Crippen molar-refractivity contribution in [2.45, 2.75) is 37.8 Å². The average molecular weight is 724 g/mol. The molecule has 1 unspecified atom stereocenters. The number of imide groups is 1. The number of halogens is 1. The molecule has 3 aromatic carbocycles. The predicted molar refractivity (Wildman–Crippen MR) is 206 cm³/mol. The lowest BCUT2D eigenvalue weighted by atomic mass is 9.90. The number of nitrogens with zero attached hydrogens (tertiary/aromatic N) is 5. The number of hydrogen-bond acceptors (Lipinski definition) is 11. The Hall–Kier alpha value is -4.75. The molecule has 272 valence electrons. The maximum Gasteiger partial charge on any atom is 0.234 e. The van der Waals surface area contributed by atoms with Crippen LogP contribution in [0.3, 0.4) is 0 Å². The molecule has 4 aromatic rings. The fraction of sp³-hybridized carbons (Fsp3) is 0.385. The zero-order valence-electron chi connectivity index (χ0n) is 29.4. The Bertz CT molecular complexity index is 1840. The van der Waals surface area contributed by atoms with E-state index in [9.17, 15) is 14.7 Å². The molecule has 2 amide bonds. The van der Waals surface area contributed by atoms with Crippen molar-refractivity contribution in [3.8, 4) is 0 Å². The van der Waals surface area contributed by atoms with Crippen molar-refractivity contribution in [3.63, 3.8) is 0 Å². The lowest BCUT2D eigenvalue weighted by molar-refractivity contribution is -0.134.